The topological polar surface area (TPSA) is 45.0 Å². The molecular formula is C20H12Cl2IN3O. The van der Waals surface area contributed by atoms with Crippen molar-refractivity contribution < 1.29 is 4.79 Å². The summed E-state index contributed by atoms with van der Waals surface area (Å²) in [4.78, 5) is 23.7. The van der Waals surface area contributed by atoms with Gasteiger partial charge in [-0.1, -0.05) is 47.5 Å². The van der Waals surface area contributed by atoms with Crippen LogP contribution in [0.5, 0.6) is 0 Å². The second-order valence-corrected chi connectivity index (χ2v) is 8.03. The second-order valence-electron chi connectivity index (χ2n) is 5.97. The fraction of sp³-hybridized carbons (Fsp3) is 0.0500. The molecule has 0 saturated carbocycles. The summed E-state index contributed by atoms with van der Waals surface area (Å²) < 4.78 is 1.11. The number of benzene rings is 2. The maximum Gasteiger partial charge on any atom is 0.279 e. The molecule has 0 unspecified atom stereocenters. The molecule has 4 nitrogen and oxygen atoms in total. The van der Waals surface area contributed by atoms with Gasteiger partial charge in [0.25, 0.3) is 5.91 Å². The number of aliphatic imine (C=N–C) groups is 2. The zero-order valence-electron chi connectivity index (χ0n) is 13.9. The number of hydrogen-bond acceptors (Lipinski definition) is 2. The first kappa shape index (κ1) is 18.4. The SMILES string of the molecule is O=C(N=C1N=C2C=CC(I)=CN2Cc2ccccc21)c1ccc(Cl)c(Cl)c1. The van der Waals surface area contributed by atoms with Crippen molar-refractivity contribution in [3.8, 4) is 0 Å². The van der Waals surface area contributed by atoms with Crippen LogP contribution in [0.25, 0.3) is 0 Å². The molecule has 0 bridgehead atoms. The molecule has 0 radical (unpaired) electrons. The quantitative estimate of drug-likeness (QED) is 0.469. The molecule has 1 amide bonds. The van der Waals surface area contributed by atoms with Crippen LogP contribution in [-0.2, 0) is 6.54 Å². The molecule has 0 fully saturated rings. The van der Waals surface area contributed by atoms with Gasteiger partial charge in [-0.05, 0) is 58.5 Å². The minimum Gasteiger partial charge on any atom is -0.327 e. The van der Waals surface area contributed by atoms with Crippen LogP contribution in [-0.4, -0.2) is 22.5 Å². The van der Waals surface area contributed by atoms with Crippen molar-refractivity contribution in [1.29, 1.82) is 0 Å². The predicted octanol–water partition coefficient (Wildman–Crippen LogP) is 5.64. The summed E-state index contributed by atoms with van der Waals surface area (Å²) in [5.41, 5.74) is 2.25. The van der Waals surface area contributed by atoms with E-state index in [0.717, 1.165) is 20.5 Å². The molecule has 4 rings (SSSR count). The van der Waals surface area contributed by atoms with Crippen molar-refractivity contribution >= 4 is 63.4 Å². The molecule has 0 aromatic heterocycles. The number of amidine groups is 2. The normalized spacial score (nSPS) is 17.0. The van der Waals surface area contributed by atoms with Gasteiger partial charge in [0, 0.05) is 27.5 Å². The highest BCUT2D eigenvalue weighted by molar-refractivity contribution is 14.1. The molecule has 27 heavy (non-hydrogen) atoms. The molecule has 2 aromatic rings. The highest BCUT2D eigenvalue weighted by Gasteiger charge is 2.21. The molecule has 0 N–H and O–H groups in total. The summed E-state index contributed by atoms with van der Waals surface area (Å²) in [5.74, 6) is 0.711. The summed E-state index contributed by atoms with van der Waals surface area (Å²) in [5, 5.41) is 0.710. The van der Waals surface area contributed by atoms with Crippen LogP contribution in [0.2, 0.25) is 10.0 Å². The molecule has 2 aliphatic heterocycles. The minimum atomic E-state index is -0.416. The van der Waals surface area contributed by atoms with E-state index in [1.165, 1.54) is 6.07 Å². The van der Waals surface area contributed by atoms with Crippen LogP contribution >= 0.6 is 45.8 Å². The maximum absolute atomic E-state index is 12.7. The van der Waals surface area contributed by atoms with Crippen molar-refractivity contribution in [2.24, 2.45) is 9.98 Å². The summed E-state index contributed by atoms with van der Waals surface area (Å²) >= 11 is 14.2. The van der Waals surface area contributed by atoms with Gasteiger partial charge in [-0.3, -0.25) is 4.79 Å². The number of hydrogen-bond donors (Lipinski definition) is 0. The molecule has 0 spiro atoms. The third-order valence-electron chi connectivity index (χ3n) is 4.16. The smallest absolute Gasteiger partial charge is 0.279 e. The number of allylic oxidation sites excluding steroid dienone is 2. The van der Waals surface area contributed by atoms with Crippen LogP contribution in [0.15, 0.2) is 74.4 Å². The summed E-state index contributed by atoms with van der Waals surface area (Å²) in [7, 11) is 0. The largest absolute Gasteiger partial charge is 0.327 e. The van der Waals surface area contributed by atoms with Gasteiger partial charge in [0.15, 0.2) is 5.84 Å². The summed E-state index contributed by atoms with van der Waals surface area (Å²) in [6, 6.07) is 12.5. The van der Waals surface area contributed by atoms with E-state index in [1.54, 1.807) is 12.1 Å². The Morgan fingerprint density at radius 3 is 2.74 bits per heavy atom. The first-order valence-corrected chi connectivity index (χ1v) is 9.92. The zero-order valence-corrected chi connectivity index (χ0v) is 17.5. The van der Waals surface area contributed by atoms with E-state index in [9.17, 15) is 4.79 Å². The van der Waals surface area contributed by atoms with Crippen molar-refractivity contribution in [2.45, 2.75) is 6.54 Å². The highest BCUT2D eigenvalue weighted by Crippen LogP contribution is 2.25. The molecule has 0 saturated heterocycles. The Bertz CT molecular complexity index is 1070. The first-order chi connectivity index (χ1) is 13.0. The Hall–Kier alpha value is -1.96. The van der Waals surface area contributed by atoms with E-state index in [1.807, 2.05) is 47.5 Å². The third-order valence-corrected chi connectivity index (χ3v) is 5.54. The van der Waals surface area contributed by atoms with Gasteiger partial charge < -0.3 is 4.90 Å². The van der Waals surface area contributed by atoms with Gasteiger partial charge in [-0.2, -0.15) is 4.99 Å². The predicted molar refractivity (Wildman–Crippen MR) is 118 cm³/mol. The Morgan fingerprint density at radius 1 is 1.11 bits per heavy atom. The van der Waals surface area contributed by atoms with E-state index in [2.05, 4.69) is 32.6 Å². The van der Waals surface area contributed by atoms with Crippen LogP contribution < -0.4 is 0 Å². The summed E-state index contributed by atoms with van der Waals surface area (Å²) in [6.45, 7) is 0.659. The molecule has 2 heterocycles. The number of nitrogens with zero attached hydrogens (tertiary/aromatic N) is 3. The van der Waals surface area contributed by atoms with E-state index < -0.39 is 5.91 Å². The van der Waals surface area contributed by atoms with Crippen LogP contribution in [0, 0.1) is 0 Å². The van der Waals surface area contributed by atoms with Gasteiger partial charge in [-0.25, -0.2) is 4.99 Å². The fourth-order valence-corrected chi connectivity index (χ4v) is 3.65. The lowest BCUT2D eigenvalue weighted by Crippen LogP contribution is -2.24. The number of amides is 1. The van der Waals surface area contributed by atoms with Crippen molar-refractivity contribution in [3.05, 3.63) is 91.1 Å². The van der Waals surface area contributed by atoms with E-state index in [0.29, 0.717) is 28.0 Å². The number of rotatable bonds is 1. The maximum atomic E-state index is 12.7. The lowest BCUT2D eigenvalue weighted by Gasteiger charge is -2.21. The van der Waals surface area contributed by atoms with Gasteiger partial charge in [0.2, 0.25) is 0 Å². The lowest BCUT2D eigenvalue weighted by molar-refractivity contribution is 0.100. The molecule has 0 atom stereocenters. The van der Waals surface area contributed by atoms with E-state index in [-0.39, 0.29) is 0 Å². The van der Waals surface area contributed by atoms with E-state index >= 15 is 0 Å². The molecule has 0 aliphatic carbocycles. The van der Waals surface area contributed by atoms with Crippen LogP contribution in [0.3, 0.4) is 0 Å². The molecule has 2 aliphatic rings. The molecule has 7 heteroatoms. The van der Waals surface area contributed by atoms with Crippen LogP contribution in [0.1, 0.15) is 21.5 Å². The van der Waals surface area contributed by atoms with Gasteiger partial charge >= 0.3 is 0 Å². The number of halogens is 3. The standard InChI is InChI=1S/C20H12Cl2IN3O/c21-16-7-5-12(9-17(16)22)20(27)25-19-15-4-2-1-3-13(15)10-26-11-14(23)6-8-18(26)24-19/h1-9,11H,10H2. The Kier molecular flexibility index (Phi) is 5.16. The van der Waals surface area contributed by atoms with Gasteiger partial charge in [0.1, 0.15) is 5.84 Å². The molecular weight excluding hydrogens is 496 g/mol. The van der Waals surface area contributed by atoms with Crippen LogP contribution in [0.4, 0.5) is 0 Å². The number of carbonyl (C=O) groups is 1. The van der Waals surface area contributed by atoms with Gasteiger partial charge in [-0.15, -0.1) is 0 Å². The van der Waals surface area contributed by atoms with Crippen molar-refractivity contribution in [3.63, 3.8) is 0 Å². The first-order valence-electron chi connectivity index (χ1n) is 8.08. The molecule has 134 valence electrons. The lowest BCUT2D eigenvalue weighted by atomic mass is 10.1. The van der Waals surface area contributed by atoms with E-state index in [4.69, 9.17) is 23.2 Å². The number of fused-ring (bicyclic) bond motifs is 2. The summed E-state index contributed by atoms with van der Waals surface area (Å²) in [6.07, 6.45) is 5.93. The third kappa shape index (κ3) is 3.85. The average molecular weight is 508 g/mol. The monoisotopic (exact) mass is 507 g/mol. The minimum absolute atomic E-state index is 0.316. The second kappa shape index (κ2) is 7.58. The molecule has 2 aromatic carbocycles. The zero-order chi connectivity index (χ0) is 19.0. The fourth-order valence-electron chi connectivity index (χ4n) is 2.84. The Labute approximate surface area is 180 Å². The average Bonchev–Trinajstić information content (AvgIpc) is 2.80. The van der Waals surface area contributed by atoms with Crippen molar-refractivity contribution in [1.82, 2.24) is 4.90 Å². The Morgan fingerprint density at radius 2 is 1.93 bits per heavy atom. The number of carbonyl (C=O) groups excluding carboxylic acids is 1. The van der Waals surface area contributed by atoms with Gasteiger partial charge in [0.05, 0.1) is 10.0 Å². The Balaban J connectivity index is 1.81. The van der Waals surface area contributed by atoms with Crippen molar-refractivity contribution in [2.75, 3.05) is 0 Å². The highest BCUT2D eigenvalue weighted by atomic mass is 127.